The molecule has 0 unspecified atom stereocenters. The molecule has 0 amide bonds. The summed E-state index contributed by atoms with van der Waals surface area (Å²) in [5.41, 5.74) is 9.89. The lowest BCUT2D eigenvalue weighted by Crippen LogP contribution is -2.34. The van der Waals surface area contributed by atoms with E-state index >= 15 is 0 Å². The smallest absolute Gasteiger partial charge is 0.0414 e. The second-order valence-corrected chi connectivity index (χ2v) is 12.5. The Morgan fingerprint density at radius 1 is 0.947 bits per heavy atom. The summed E-state index contributed by atoms with van der Waals surface area (Å²) in [5, 5.41) is 3.58. The largest absolute Gasteiger partial charge is 0.388 e. The van der Waals surface area contributed by atoms with E-state index in [9.17, 15) is 0 Å². The molecule has 3 saturated carbocycles. The number of hydrogen-bond acceptors (Lipinski definition) is 2. The highest BCUT2D eigenvalue weighted by atomic mass is 15.1. The van der Waals surface area contributed by atoms with Crippen molar-refractivity contribution in [1.29, 1.82) is 0 Å². The maximum Gasteiger partial charge on any atom is 0.0414 e. The van der Waals surface area contributed by atoms with Crippen LogP contribution in [0.2, 0.25) is 0 Å². The van der Waals surface area contributed by atoms with E-state index in [-0.39, 0.29) is 0 Å². The van der Waals surface area contributed by atoms with Crippen molar-refractivity contribution in [2.75, 3.05) is 11.4 Å². The van der Waals surface area contributed by atoms with Crippen LogP contribution in [0.5, 0.6) is 0 Å². The number of anilines is 1. The fourth-order valence-corrected chi connectivity index (χ4v) is 6.85. The third kappa shape index (κ3) is 6.74. The maximum absolute atomic E-state index is 4.75. The predicted molar refractivity (Wildman–Crippen MR) is 165 cm³/mol. The molecule has 2 nitrogen and oxygen atoms in total. The third-order valence-electron chi connectivity index (χ3n) is 9.66. The molecule has 0 spiro atoms. The fraction of sp³-hybridized carbons (Fsp3) is 0.556. The van der Waals surface area contributed by atoms with Gasteiger partial charge in [0.15, 0.2) is 0 Å². The SMILES string of the molecule is C=C(C1CCCCC1)N(CC1CCC(c2ccc(CC)c(C)c2)CC1)c1cccc(/C(C)=C/NC2CC2)c1. The molecule has 204 valence electrons. The van der Waals surface area contributed by atoms with Crippen LogP contribution in [0.3, 0.4) is 0 Å². The minimum Gasteiger partial charge on any atom is -0.388 e. The van der Waals surface area contributed by atoms with Crippen LogP contribution in [0.25, 0.3) is 5.57 Å². The summed E-state index contributed by atoms with van der Waals surface area (Å²) in [6.07, 6.45) is 18.0. The minimum absolute atomic E-state index is 0.636. The molecule has 3 aliphatic rings. The fourth-order valence-electron chi connectivity index (χ4n) is 6.85. The number of hydrogen-bond donors (Lipinski definition) is 1. The van der Waals surface area contributed by atoms with Crippen molar-refractivity contribution < 1.29 is 0 Å². The first-order valence-electron chi connectivity index (χ1n) is 15.6. The zero-order valence-electron chi connectivity index (χ0n) is 24.3. The van der Waals surface area contributed by atoms with E-state index in [0.717, 1.165) is 24.8 Å². The maximum atomic E-state index is 4.75. The van der Waals surface area contributed by atoms with Gasteiger partial charge in [-0.3, -0.25) is 0 Å². The van der Waals surface area contributed by atoms with Crippen LogP contribution < -0.4 is 10.2 Å². The zero-order valence-corrected chi connectivity index (χ0v) is 24.3. The lowest BCUT2D eigenvalue weighted by atomic mass is 9.77. The van der Waals surface area contributed by atoms with E-state index in [2.05, 4.69) is 79.7 Å². The Balaban J connectivity index is 1.30. The molecular formula is C36H50N2. The number of benzene rings is 2. The number of nitrogens with zero attached hydrogens (tertiary/aromatic N) is 1. The van der Waals surface area contributed by atoms with Crippen LogP contribution >= 0.6 is 0 Å². The number of aryl methyl sites for hydroxylation is 2. The van der Waals surface area contributed by atoms with Gasteiger partial charge < -0.3 is 10.2 Å². The average Bonchev–Trinajstić information content (AvgIpc) is 3.80. The summed E-state index contributed by atoms with van der Waals surface area (Å²) in [7, 11) is 0. The molecule has 3 aliphatic carbocycles. The summed E-state index contributed by atoms with van der Waals surface area (Å²) in [6, 6.07) is 17.2. The predicted octanol–water partition coefficient (Wildman–Crippen LogP) is 9.54. The standard InChI is InChI=1S/C36H50N2/c1-5-30-18-19-34(22-26(30)2)32-16-14-29(15-17-32)25-38(28(4)31-10-7-6-8-11-31)36-13-9-12-33(23-36)27(3)24-37-35-20-21-35/h9,12-13,18-19,22-24,29,31-32,35,37H,4-8,10-11,14-17,20-21,25H2,1-3H3/b27-24+. The second-order valence-electron chi connectivity index (χ2n) is 12.5. The molecule has 1 N–H and O–H groups in total. The lowest BCUT2D eigenvalue weighted by molar-refractivity contribution is 0.323. The molecule has 0 saturated heterocycles. The van der Waals surface area contributed by atoms with E-state index < -0.39 is 0 Å². The highest BCUT2D eigenvalue weighted by Gasteiger charge is 2.28. The minimum atomic E-state index is 0.636. The molecule has 2 aromatic carbocycles. The Morgan fingerprint density at radius 2 is 1.71 bits per heavy atom. The van der Waals surface area contributed by atoms with Gasteiger partial charge in [-0.15, -0.1) is 0 Å². The van der Waals surface area contributed by atoms with Gasteiger partial charge in [0.05, 0.1) is 0 Å². The van der Waals surface area contributed by atoms with E-state index in [1.165, 1.54) is 104 Å². The summed E-state index contributed by atoms with van der Waals surface area (Å²) in [6.45, 7) is 12.7. The molecule has 0 aromatic heterocycles. The second kappa shape index (κ2) is 12.6. The zero-order chi connectivity index (χ0) is 26.5. The van der Waals surface area contributed by atoms with E-state index in [0.29, 0.717) is 12.0 Å². The average molecular weight is 511 g/mol. The first-order chi connectivity index (χ1) is 18.5. The van der Waals surface area contributed by atoms with Gasteiger partial charge in [-0.1, -0.05) is 63.1 Å². The van der Waals surface area contributed by atoms with Crippen molar-refractivity contribution in [1.82, 2.24) is 5.32 Å². The van der Waals surface area contributed by atoms with Gasteiger partial charge in [0.2, 0.25) is 0 Å². The summed E-state index contributed by atoms with van der Waals surface area (Å²) in [5.74, 6) is 2.09. The number of allylic oxidation sites excluding steroid dienone is 2. The summed E-state index contributed by atoms with van der Waals surface area (Å²) < 4.78 is 0. The van der Waals surface area contributed by atoms with E-state index in [1.54, 1.807) is 5.56 Å². The van der Waals surface area contributed by atoms with Crippen LogP contribution in [0, 0.1) is 18.8 Å². The van der Waals surface area contributed by atoms with E-state index in [4.69, 9.17) is 6.58 Å². The van der Waals surface area contributed by atoms with Crippen molar-refractivity contribution in [2.24, 2.45) is 11.8 Å². The third-order valence-corrected chi connectivity index (χ3v) is 9.66. The molecule has 0 bridgehead atoms. The Morgan fingerprint density at radius 3 is 2.39 bits per heavy atom. The Kier molecular flexibility index (Phi) is 8.97. The summed E-state index contributed by atoms with van der Waals surface area (Å²) >= 11 is 0. The van der Waals surface area contributed by atoms with Gasteiger partial charge in [0.1, 0.15) is 0 Å². The highest BCUT2D eigenvalue weighted by Crippen LogP contribution is 2.40. The Bertz CT molecular complexity index is 1110. The first kappa shape index (κ1) is 27.1. The molecule has 2 heteroatoms. The monoisotopic (exact) mass is 510 g/mol. The van der Waals surface area contributed by atoms with Crippen LogP contribution in [-0.2, 0) is 6.42 Å². The molecule has 5 rings (SSSR count). The number of rotatable bonds is 10. The van der Waals surface area contributed by atoms with Crippen LogP contribution in [0.15, 0.2) is 60.9 Å². The quantitative estimate of drug-likeness (QED) is 0.342. The van der Waals surface area contributed by atoms with E-state index in [1.807, 2.05) is 0 Å². The molecule has 0 atom stereocenters. The topological polar surface area (TPSA) is 15.3 Å². The molecule has 2 aromatic rings. The van der Waals surface area contributed by atoms with Crippen molar-refractivity contribution in [3.8, 4) is 0 Å². The van der Waals surface area contributed by atoms with Crippen molar-refractivity contribution in [3.63, 3.8) is 0 Å². The summed E-state index contributed by atoms with van der Waals surface area (Å²) in [4.78, 5) is 2.63. The van der Waals surface area contributed by atoms with Crippen molar-refractivity contribution in [3.05, 3.63) is 83.2 Å². The molecule has 3 fully saturated rings. The molecule has 38 heavy (non-hydrogen) atoms. The van der Waals surface area contributed by atoms with Gasteiger partial charge in [0, 0.05) is 30.2 Å². The van der Waals surface area contributed by atoms with Crippen LogP contribution in [0.4, 0.5) is 5.69 Å². The van der Waals surface area contributed by atoms with Crippen LogP contribution in [0.1, 0.15) is 113 Å². The lowest BCUT2D eigenvalue weighted by Gasteiger charge is -2.38. The molecule has 0 aliphatic heterocycles. The first-order valence-corrected chi connectivity index (χ1v) is 15.6. The molecule has 0 heterocycles. The van der Waals surface area contributed by atoms with Gasteiger partial charge in [-0.25, -0.2) is 0 Å². The Hall–Kier alpha value is -2.48. The molecule has 0 radical (unpaired) electrons. The van der Waals surface area contributed by atoms with Crippen molar-refractivity contribution >= 4 is 11.3 Å². The normalized spacial score (nSPS) is 22.8. The Labute approximate surface area is 232 Å². The van der Waals surface area contributed by atoms with Crippen molar-refractivity contribution in [2.45, 2.75) is 110 Å². The molecular weight excluding hydrogens is 460 g/mol. The van der Waals surface area contributed by atoms with Crippen LogP contribution in [-0.4, -0.2) is 12.6 Å². The van der Waals surface area contributed by atoms with Gasteiger partial charge in [-0.05, 0) is 129 Å². The van der Waals surface area contributed by atoms with Gasteiger partial charge in [-0.2, -0.15) is 0 Å². The highest BCUT2D eigenvalue weighted by molar-refractivity contribution is 5.68. The van der Waals surface area contributed by atoms with Gasteiger partial charge >= 0.3 is 0 Å². The number of nitrogens with one attached hydrogen (secondary N) is 1. The van der Waals surface area contributed by atoms with Gasteiger partial charge in [0.25, 0.3) is 0 Å².